The first-order valence-corrected chi connectivity index (χ1v) is 14.5. The zero-order valence-electron chi connectivity index (χ0n) is 38.0. The lowest BCUT2D eigenvalue weighted by Gasteiger charge is -2.26. The van der Waals surface area contributed by atoms with Gasteiger partial charge in [-0.2, -0.15) is 0 Å². The van der Waals surface area contributed by atoms with E-state index in [0.29, 0.717) is 22.5 Å². The minimum atomic E-state index is -0.548. The molecule has 9 aromatic rings. The minimum Gasteiger partial charge on any atom is -0.456 e. The average molecular weight is 602 g/mol. The van der Waals surface area contributed by atoms with E-state index in [4.69, 9.17) is 20.9 Å². The number of furan rings is 1. The number of fused-ring (bicyclic) bond motifs is 6. The molecule has 1 heterocycles. The molecular formula is C44H29NO. The summed E-state index contributed by atoms with van der Waals surface area (Å²) in [6.07, 6.45) is 0. The molecule has 0 atom stereocenters. The van der Waals surface area contributed by atoms with Crippen molar-refractivity contribution in [3.8, 4) is 22.3 Å². The van der Waals surface area contributed by atoms with Gasteiger partial charge in [-0.25, -0.2) is 0 Å². The molecule has 0 amide bonds. The van der Waals surface area contributed by atoms with E-state index in [9.17, 15) is 2.74 Å². The standard InChI is InChI=1S/C44H29NO/c1-2-8-30(9-3-1)32-14-21-37(22-15-32)45(39-25-18-31-10-4-5-11-34(31)29-39)38-23-16-33(17-24-38)35-19-26-40-36(28-35)20-27-43-44(40)41-12-6-7-13-42(41)46-43/h1-29H/i1D,2D,3D,6D,7D,8D,9D,12D,13D,19D,20D,26D,27D,28D. The highest BCUT2D eigenvalue weighted by atomic mass is 16.3. The first-order valence-electron chi connectivity index (χ1n) is 21.5. The van der Waals surface area contributed by atoms with Gasteiger partial charge in [-0.1, -0.05) is 121 Å². The molecule has 0 radical (unpaired) electrons. The Labute approximate surface area is 287 Å². The van der Waals surface area contributed by atoms with E-state index in [1.165, 1.54) is 0 Å². The third kappa shape index (κ3) is 4.51. The third-order valence-corrected chi connectivity index (χ3v) is 8.02. The second-order valence-electron chi connectivity index (χ2n) is 10.7. The summed E-state index contributed by atoms with van der Waals surface area (Å²) in [6, 6.07) is 21.8. The third-order valence-electron chi connectivity index (χ3n) is 8.02. The molecule has 46 heavy (non-hydrogen) atoms. The summed E-state index contributed by atoms with van der Waals surface area (Å²) in [6.45, 7) is 0. The van der Waals surface area contributed by atoms with Crippen LogP contribution in [0.2, 0.25) is 0 Å². The highest BCUT2D eigenvalue weighted by Crippen LogP contribution is 2.39. The molecule has 9 rings (SSSR count). The van der Waals surface area contributed by atoms with Crippen LogP contribution >= 0.6 is 0 Å². The molecule has 2 heteroatoms. The van der Waals surface area contributed by atoms with E-state index in [2.05, 4.69) is 0 Å². The van der Waals surface area contributed by atoms with Gasteiger partial charge in [0.15, 0.2) is 0 Å². The van der Waals surface area contributed by atoms with Crippen molar-refractivity contribution in [2.75, 3.05) is 4.90 Å². The lowest BCUT2D eigenvalue weighted by atomic mass is 9.98. The first kappa shape index (κ1) is 15.7. The van der Waals surface area contributed by atoms with E-state index >= 15 is 0 Å². The summed E-state index contributed by atoms with van der Waals surface area (Å²) in [4.78, 5) is 1.96. The van der Waals surface area contributed by atoms with Crippen LogP contribution in [0.1, 0.15) is 19.2 Å². The second-order valence-corrected chi connectivity index (χ2v) is 10.7. The number of hydrogen-bond acceptors (Lipinski definition) is 2. The smallest absolute Gasteiger partial charge is 0.136 e. The highest BCUT2D eigenvalue weighted by molar-refractivity contribution is 6.19. The fraction of sp³-hybridized carbons (Fsp3) is 0. The van der Waals surface area contributed by atoms with Gasteiger partial charge in [-0.3, -0.25) is 0 Å². The molecule has 0 fully saturated rings. The van der Waals surface area contributed by atoms with Crippen molar-refractivity contribution in [3.63, 3.8) is 0 Å². The zero-order chi connectivity index (χ0) is 42.6. The lowest BCUT2D eigenvalue weighted by molar-refractivity contribution is 0.669. The molecule has 0 aliphatic heterocycles. The van der Waals surface area contributed by atoms with E-state index in [1.54, 1.807) is 48.5 Å². The van der Waals surface area contributed by atoms with Crippen LogP contribution in [0.4, 0.5) is 17.1 Å². The van der Waals surface area contributed by atoms with Crippen molar-refractivity contribution < 1.29 is 23.6 Å². The average Bonchev–Trinajstić information content (AvgIpc) is 3.66. The molecule has 0 saturated carbocycles. The van der Waals surface area contributed by atoms with E-state index < -0.39 is 60.4 Å². The summed E-state index contributed by atoms with van der Waals surface area (Å²) >= 11 is 0. The maximum absolute atomic E-state index is 9.34. The molecule has 0 aliphatic rings. The van der Waals surface area contributed by atoms with E-state index in [0.717, 1.165) is 16.5 Å². The fourth-order valence-corrected chi connectivity index (χ4v) is 5.81. The molecule has 0 saturated heterocycles. The summed E-state index contributed by atoms with van der Waals surface area (Å²) in [5.41, 5.74) is 2.55. The van der Waals surface area contributed by atoms with Gasteiger partial charge in [0.05, 0.1) is 19.2 Å². The molecule has 0 bridgehead atoms. The van der Waals surface area contributed by atoms with Crippen molar-refractivity contribution >= 4 is 60.5 Å². The minimum absolute atomic E-state index is 0.0227. The Morgan fingerprint density at radius 3 is 1.89 bits per heavy atom. The molecule has 0 aliphatic carbocycles. The van der Waals surface area contributed by atoms with Crippen molar-refractivity contribution in [3.05, 3.63) is 176 Å². The Morgan fingerprint density at radius 1 is 0.435 bits per heavy atom. The summed E-state index contributed by atoms with van der Waals surface area (Å²) < 4.78 is 126. The molecule has 216 valence electrons. The normalized spacial score (nSPS) is 15.7. The molecule has 0 unspecified atom stereocenters. The molecular weight excluding hydrogens is 558 g/mol. The number of nitrogens with zero attached hydrogens (tertiary/aromatic N) is 1. The zero-order valence-corrected chi connectivity index (χ0v) is 24.0. The van der Waals surface area contributed by atoms with Crippen LogP contribution in [-0.4, -0.2) is 0 Å². The Hall–Kier alpha value is -6.12. The van der Waals surface area contributed by atoms with Crippen molar-refractivity contribution in [1.29, 1.82) is 0 Å². The van der Waals surface area contributed by atoms with Gasteiger partial charge >= 0.3 is 0 Å². The maximum Gasteiger partial charge on any atom is 0.136 e. The van der Waals surface area contributed by atoms with Crippen LogP contribution in [0.5, 0.6) is 0 Å². The van der Waals surface area contributed by atoms with E-state index in [1.807, 2.05) is 47.4 Å². The Morgan fingerprint density at radius 2 is 1.11 bits per heavy atom. The number of benzene rings is 8. The monoisotopic (exact) mass is 601 g/mol. The van der Waals surface area contributed by atoms with Gasteiger partial charge in [0.2, 0.25) is 0 Å². The Kier molecular flexibility index (Phi) is 3.70. The van der Waals surface area contributed by atoms with Crippen LogP contribution in [0, 0.1) is 0 Å². The Balaban J connectivity index is 1.21. The van der Waals surface area contributed by atoms with Gasteiger partial charge < -0.3 is 9.32 Å². The van der Waals surface area contributed by atoms with E-state index in [-0.39, 0.29) is 68.0 Å². The first-order chi connectivity index (χ1) is 28.6. The molecule has 0 spiro atoms. The quantitative estimate of drug-likeness (QED) is 0.195. The molecule has 1 aromatic heterocycles. The van der Waals surface area contributed by atoms with Crippen LogP contribution in [-0.2, 0) is 0 Å². The molecule has 8 aromatic carbocycles. The summed E-state index contributed by atoms with van der Waals surface area (Å²) in [5.74, 6) is 0. The topological polar surface area (TPSA) is 16.4 Å². The van der Waals surface area contributed by atoms with Crippen LogP contribution in [0.25, 0.3) is 65.7 Å². The van der Waals surface area contributed by atoms with Gasteiger partial charge in [-0.05, 0) is 98.3 Å². The predicted molar refractivity (Wildman–Crippen MR) is 194 cm³/mol. The maximum atomic E-state index is 9.34. The fourth-order valence-electron chi connectivity index (χ4n) is 5.81. The second kappa shape index (κ2) is 10.8. The van der Waals surface area contributed by atoms with Gasteiger partial charge in [0.1, 0.15) is 11.2 Å². The number of anilines is 3. The van der Waals surface area contributed by atoms with Crippen molar-refractivity contribution in [2.24, 2.45) is 0 Å². The number of para-hydroxylation sites is 1. The molecule has 2 nitrogen and oxygen atoms in total. The van der Waals surface area contributed by atoms with Crippen LogP contribution < -0.4 is 4.90 Å². The number of rotatable bonds is 5. The van der Waals surface area contributed by atoms with Crippen molar-refractivity contribution in [2.45, 2.75) is 0 Å². The van der Waals surface area contributed by atoms with Crippen molar-refractivity contribution in [1.82, 2.24) is 0 Å². The van der Waals surface area contributed by atoms with Gasteiger partial charge in [-0.15, -0.1) is 0 Å². The Bertz CT molecular complexity index is 3280. The SMILES string of the molecule is [2H]c1c([2H])c([2H])c(-c2ccc(N(c3ccc(-c4c([2H])c([2H])c5c(c4[2H])c([2H])c([2H])c4oc6c([2H])c([2H])c([2H])c([2H])c6c45)cc3)c3ccc4ccccc4c3)cc2)c([2H])c1[2H]. The predicted octanol–water partition coefficient (Wildman–Crippen LogP) is 12.7. The number of hydrogen-bond donors (Lipinski definition) is 0. The largest absolute Gasteiger partial charge is 0.456 e. The van der Waals surface area contributed by atoms with Gasteiger partial charge in [0.25, 0.3) is 0 Å². The van der Waals surface area contributed by atoms with Crippen LogP contribution in [0.15, 0.2) is 180 Å². The molecule has 0 N–H and O–H groups in total. The summed E-state index contributed by atoms with van der Waals surface area (Å²) in [7, 11) is 0. The van der Waals surface area contributed by atoms with Crippen LogP contribution in [0.3, 0.4) is 0 Å². The van der Waals surface area contributed by atoms with Gasteiger partial charge in [0, 0.05) is 27.8 Å². The highest BCUT2D eigenvalue weighted by Gasteiger charge is 2.15. The lowest BCUT2D eigenvalue weighted by Crippen LogP contribution is -2.09. The summed E-state index contributed by atoms with van der Waals surface area (Å²) in [5, 5.41) is 1.67.